The number of carbonyl (C=O) groups excluding carboxylic acids is 3. The number of phenolic OH excluding ortho intramolecular Hbond substituents is 1. The van der Waals surface area contributed by atoms with Gasteiger partial charge in [-0.3, -0.25) is 19.3 Å². The van der Waals surface area contributed by atoms with Gasteiger partial charge in [0.05, 0.1) is 17.2 Å². The van der Waals surface area contributed by atoms with Crippen molar-refractivity contribution in [3.8, 4) is 5.75 Å². The lowest BCUT2D eigenvalue weighted by atomic mass is 9.54. The molecule has 1 aromatic rings. The topological polar surface area (TPSA) is 182 Å². The highest BCUT2D eigenvalue weighted by atomic mass is 16.3. The van der Waals surface area contributed by atoms with E-state index in [2.05, 4.69) is 0 Å². The smallest absolute Gasteiger partial charge is 0.255 e. The van der Waals surface area contributed by atoms with Crippen molar-refractivity contribution < 1.29 is 39.9 Å². The molecule has 10 nitrogen and oxygen atoms in total. The molecule has 4 rings (SSSR count). The Labute approximate surface area is 182 Å². The van der Waals surface area contributed by atoms with Gasteiger partial charge in [-0.1, -0.05) is 12.1 Å². The van der Waals surface area contributed by atoms with Crippen LogP contribution >= 0.6 is 0 Å². The van der Waals surface area contributed by atoms with E-state index in [4.69, 9.17) is 5.73 Å². The molecular weight excluding hydrogens is 420 g/mol. The fourth-order valence-corrected chi connectivity index (χ4v) is 5.50. The summed E-state index contributed by atoms with van der Waals surface area (Å²) in [5.74, 6) is -7.90. The Balaban J connectivity index is 2.05. The van der Waals surface area contributed by atoms with Gasteiger partial charge in [0.25, 0.3) is 5.91 Å². The van der Waals surface area contributed by atoms with Gasteiger partial charge in [0.2, 0.25) is 5.78 Å². The summed E-state index contributed by atoms with van der Waals surface area (Å²) < 4.78 is 0. The lowest BCUT2D eigenvalue weighted by Crippen LogP contribution is -2.67. The van der Waals surface area contributed by atoms with Crippen molar-refractivity contribution in [1.82, 2.24) is 4.90 Å². The largest absolute Gasteiger partial charge is 0.508 e. The van der Waals surface area contributed by atoms with Crippen LogP contribution in [0, 0.1) is 11.8 Å². The Hall–Kier alpha value is -3.21. The van der Waals surface area contributed by atoms with E-state index in [1.807, 2.05) is 0 Å². The number of nitrogens with zero attached hydrogens (tertiary/aromatic N) is 1. The molecule has 32 heavy (non-hydrogen) atoms. The van der Waals surface area contributed by atoms with Crippen molar-refractivity contribution in [2.24, 2.45) is 17.6 Å². The zero-order chi connectivity index (χ0) is 23.9. The number of aliphatic hydroxyl groups is 4. The third kappa shape index (κ3) is 2.48. The van der Waals surface area contributed by atoms with Crippen LogP contribution in [0.4, 0.5) is 0 Å². The van der Waals surface area contributed by atoms with Crippen molar-refractivity contribution in [1.29, 1.82) is 0 Å². The van der Waals surface area contributed by atoms with Crippen LogP contribution in [0.15, 0.2) is 35.1 Å². The second-order valence-electron chi connectivity index (χ2n) is 8.96. The van der Waals surface area contributed by atoms with Gasteiger partial charge < -0.3 is 31.3 Å². The van der Waals surface area contributed by atoms with Crippen LogP contribution in [0.25, 0.3) is 5.76 Å². The third-order valence-electron chi connectivity index (χ3n) is 7.02. The fraction of sp³-hybridized carbons (Fsp3) is 0.409. The number of fused-ring (bicyclic) bond motifs is 3. The molecule has 10 heteroatoms. The highest BCUT2D eigenvalue weighted by molar-refractivity contribution is 6.24. The van der Waals surface area contributed by atoms with Crippen molar-refractivity contribution in [2.75, 3.05) is 14.1 Å². The number of rotatable bonds is 2. The summed E-state index contributed by atoms with van der Waals surface area (Å²) in [6.45, 7) is 1.40. The monoisotopic (exact) mass is 444 g/mol. The number of Topliss-reactive ketones (excluding diaryl/α,β-unsaturated/α-hetero) is 2. The van der Waals surface area contributed by atoms with Gasteiger partial charge in [0.1, 0.15) is 22.8 Å². The molecule has 0 radical (unpaired) electrons. The molecule has 3 aliphatic carbocycles. The van der Waals surface area contributed by atoms with Crippen molar-refractivity contribution in [2.45, 2.75) is 30.6 Å². The summed E-state index contributed by atoms with van der Waals surface area (Å²) in [7, 11) is 3.01. The van der Waals surface area contributed by atoms with E-state index in [1.165, 1.54) is 44.1 Å². The predicted octanol–water partition coefficient (Wildman–Crippen LogP) is -0.371. The zero-order valence-electron chi connectivity index (χ0n) is 17.7. The molecule has 0 saturated heterocycles. The van der Waals surface area contributed by atoms with E-state index in [-0.39, 0.29) is 17.5 Å². The first kappa shape index (κ1) is 22.0. The van der Waals surface area contributed by atoms with Crippen molar-refractivity contribution in [3.63, 3.8) is 0 Å². The van der Waals surface area contributed by atoms with Gasteiger partial charge in [-0.05, 0) is 39.1 Å². The summed E-state index contributed by atoms with van der Waals surface area (Å²) in [6.07, 6.45) is -0.200. The SMILES string of the molecule is CN(C)[C@@H]1C(=O)C(C(N)=O)=C(O)[C@@]2(O)C(=O)C3=C(O)c4c(O)cccc4[C@](C)(O)[C@H]3C[C@H]12. The third-order valence-corrected chi connectivity index (χ3v) is 7.02. The predicted molar refractivity (Wildman–Crippen MR) is 110 cm³/mol. The number of hydrogen-bond donors (Lipinski definition) is 6. The number of carbonyl (C=O) groups is 3. The van der Waals surface area contributed by atoms with Crippen LogP contribution in [0.3, 0.4) is 0 Å². The van der Waals surface area contributed by atoms with E-state index >= 15 is 0 Å². The lowest BCUT2D eigenvalue weighted by Gasteiger charge is -2.53. The quantitative estimate of drug-likeness (QED) is 0.332. The Morgan fingerprint density at radius 2 is 1.78 bits per heavy atom. The van der Waals surface area contributed by atoms with Gasteiger partial charge in [0, 0.05) is 17.4 Å². The number of aromatic hydroxyl groups is 1. The van der Waals surface area contributed by atoms with Gasteiger partial charge in [-0.2, -0.15) is 0 Å². The lowest BCUT2D eigenvalue weighted by molar-refractivity contribution is -0.159. The number of nitrogens with two attached hydrogens (primary N) is 1. The zero-order valence-corrected chi connectivity index (χ0v) is 17.7. The maximum atomic E-state index is 13.7. The first-order valence-corrected chi connectivity index (χ1v) is 9.97. The van der Waals surface area contributed by atoms with Crippen LogP contribution in [-0.2, 0) is 20.0 Å². The van der Waals surface area contributed by atoms with E-state index in [9.17, 15) is 39.9 Å². The Kier molecular flexibility index (Phi) is 4.57. The van der Waals surface area contributed by atoms with E-state index in [0.717, 1.165) is 0 Å². The number of benzene rings is 1. The molecule has 0 aliphatic heterocycles. The molecule has 0 unspecified atom stereocenters. The number of aliphatic hydroxyl groups excluding tert-OH is 2. The molecule has 170 valence electrons. The Morgan fingerprint density at radius 1 is 1.16 bits per heavy atom. The molecule has 0 spiro atoms. The number of phenols is 1. The molecule has 3 aliphatic rings. The number of primary amides is 1. The van der Waals surface area contributed by atoms with E-state index in [0.29, 0.717) is 0 Å². The standard InChI is InChI=1S/C22H24N2O8/c1-21(31)8-5-4-6-11(25)12(8)16(26)13-9(21)7-10-15(24(2)3)17(27)14(20(23)30)19(29)22(10,32)18(13)28/h4-6,9-10,15,25-26,29,31-32H,7H2,1-3H3,(H2,23,30)/t9-,10+,15-,21-,22-/m0/s1. The van der Waals surface area contributed by atoms with Crippen LogP contribution < -0.4 is 5.73 Å². The molecule has 0 heterocycles. The maximum absolute atomic E-state index is 13.7. The van der Waals surface area contributed by atoms with Crippen molar-refractivity contribution in [3.05, 3.63) is 46.2 Å². The molecule has 5 atom stereocenters. The summed E-state index contributed by atoms with van der Waals surface area (Å²) in [4.78, 5) is 40.0. The highest BCUT2D eigenvalue weighted by Gasteiger charge is 2.66. The first-order valence-electron chi connectivity index (χ1n) is 9.97. The van der Waals surface area contributed by atoms with Crippen LogP contribution in [-0.4, -0.2) is 73.6 Å². The van der Waals surface area contributed by atoms with Gasteiger partial charge >= 0.3 is 0 Å². The minimum absolute atomic E-state index is 0.170. The first-order chi connectivity index (χ1) is 14.8. The normalized spacial score (nSPS) is 34.4. The average molecular weight is 444 g/mol. The summed E-state index contributed by atoms with van der Waals surface area (Å²) in [5.41, 5.74) is -0.548. The molecule has 1 amide bonds. The minimum atomic E-state index is -2.75. The summed E-state index contributed by atoms with van der Waals surface area (Å²) in [6, 6.07) is 3.02. The van der Waals surface area contributed by atoms with Crippen LogP contribution in [0.1, 0.15) is 24.5 Å². The number of ketones is 2. The van der Waals surface area contributed by atoms with Gasteiger partial charge in [0.15, 0.2) is 11.4 Å². The van der Waals surface area contributed by atoms with Crippen LogP contribution in [0.5, 0.6) is 5.75 Å². The fourth-order valence-electron chi connectivity index (χ4n) is 5.50. The molecule has 1 fully saturated rings. The van der Waals surface area contributed by atoms with E-state index in [1.54, 1.807) is 0 Å². The Bertz CT molecular complexity index is 1150. The van der Waals surface area contributed by atoms with E-state index < -0.39 is 75.0 Å². The molecule has 1 saturated carbocycles. The molecule has 0 bridgehead atoms. The average Bonchev–Trinajstić information content (AvgIpc) is 2.68. The number of likely N-dealkylation sites (N-methyl/N-ethyl adjacent to an activating group) is 1. The molecule has 1 aromatic carbocycles. The van der Waals surface area contributed by atoms with Gasteiger partial charge in [-0.15, -0.1) is 0 Å². The Morgan fingerprint density at radius 3 is 2.34 bits per heavy atom. The second-order valence-corrected chi connectivity index (χ2v) is 8.96. The van der Waals surface area contributed by atoms with Crippen LogP contribution in [0.2, 0.25) is 0 Å². The summed E-state index contributed by atoms with van der Waals surface area (Å²) in [5, 5.41) is 54.9. The minimum Gasteiger partial charge on any atom is -0.508 e. The summed E-state index contributed by atoms with van der Waals surface area (Å²) >= 11 is 0. The molecule has 0 aromatic heterocycles. The van der Waals surface area contributed by atoms with Crippen molar-refractivity contribution >= 4 is 23.2 Å². The molecular formula is C22H24N2O8. The van der Waals surface area contributed by atoms with Gasteiger partial charge in [-0.25, -0.2) is 0 Å². The highest BCUT2D eigenvalue weighted by Crippen LogP contribution is 2.57. The maximum Gasteiger partial charge on any atom is 0.255 e. The number of hydrogen-bond acceptors (Lipinski definition) is 9. The molecule has 7 N–H and O–H groups in total. The second kappa shape index (κ2) is 6.64. The number of amides is 1.